The highest BCUT2D eigenvalue weighted by Crippen LogP contribution is 2.23. The van der Waals surface area contributed by atoms with Crippen molar-refractivity contribution in [1.82, 2.24) is 15.2 Å². The molecule has 2 aromatic rings. The van der Waals surface area contributed by atoms with Crippen molar-refractivity contribution in [2.75, 3.05) is 26.2 Å². The minimum Gasteiger partial charge on any atom is -0.361 e. The van der Waals surface area contributed by atoms with E-state index in [2.05, 4.69) is 46.4 Å². The third kappa shape index (κ3) is 3.42. The maximum absolute atomic E-state index is 3.40. The number of halogens is 2. The lowest BCUT2D eigenvalue weighted by Crippen LogP contribution is -2.44. The second kappa shape index (κ2) is 7.15. The van der Waals surface area contributed by atoms with E-state index in [1.807, 2.05) is 6.20 Å². The van der Waals surface area contributed by atoms with Crippen LogP contribution in [0.2, 0.25) is 0 Å². The molecule has 1 aromatic carbocycles. The maximum atomic E-state index is 3.40. The Balaban J connectivity index is 0.000000902. The second-order valence-corrected chi connectivity index (χ2v) is 4.79. The van der Waals surface area contributed by atoms with Gasteiger partial charge in [-0.25, -0.2) is 0 Å². The zero-order valence-corrected chi connectivity index (χ0v) is 12.7. The molecule has 3 nitrogen and oxygen atoms in total. The van der Waals surface area contributed by atoms with Crippen molar-refractivity contribution in [3.8, 4) is 0 Å². The summed E-state index contributed by atoms with van der Waals surface area (Å²) >= 11 is 0. The molecule has 2 N–H and O–H groups in total. The minimum atomic E-state index is 0. The van der Waals surface area contributed by atoms with Crippen molar-refractivity contribution in [2.45, 2.75) is 13.0 Å². The number of benzene rings is 1. The first-order valence-corrected chi connectivity index (χ1v) is 6.36. The van der Waals surface area contributed by atoms with Gasteiger partial charge in [-0.15, -0.1) is 24.8 Å². The van der Waals surface area contributed by atoms with E-state index in [1.165, 1.54) is 16.5 Å². The quantitative estimate of drug-likeness (QED) is 0.893. The monoisotopic (exact) mass is 301 g/mol. The van der Waals surface area contributed by atoms with Gasteiger partial charge in [0.15, 0.2) is 0 Å². The first-order valence-electron chi connectivity index (χ1n) is 6.36. The van der Waals surface area contributed by atoms with Crippen molar-refractivity contribution < 1.29 is 0 Å². The number of hydrogen-bond acceptors (Lipinski definition) is 2. The molecule has 0 spiro atoms. The van der Waals surface area contributed by atoms with Crippen LogP contribution in [0.4, 0.5) is 0 Å². The van der Waals surface area contributed by atoms with Gasteiger partial charge in [-0.3, -0.25) is 4.90 Å². The lowest BCUT2D eigenvalue weighted by atomic mass is 10.0. The summed E-state index contributed by atoms with van der Waals surface area (Å²) in [4.78, 5) is 5.83. The van der Waals surface area contributed by atoms with E-state index in [1.54, 1.807) is 0 Å². The van der Waals surface area contributed by atoms with E-state index >= 15 is 0 Å². The number of H-pyrrole nitrogens is 1. The number of aromatic nitrogens is 1. The Bertz CT molecular complexity index is 506. The molecule has 0 amide bonds. The number of fused-ring (bicyclic) bond motifs is 1. The van der Waals surface area contributed by atoms with Crippen LogP contribution in [0.15, 0.2) is 30.5 Å². The van der Waals surface area contributed by atoms with Gasteiger partial charge in [0.25, 0.3) is 0 Å². The van der Waals surface area contributed by atoms with Crippen LogP contribution < -0.4 is 5.32 Å². The molecule has 1 fully saturated rings. The standard InChI is InChI=1S/C14H19N3.2ClH/c1-11(17-8-6-15-7-9-17)13-3-2-12-4-5-16-14(12)10-13;;/h2-5,10-11,15-16H,6-9H2,1H3;2*1H/t11-;;/m1../s1. The van der Waals surface area contributed by atoms with Crippen LogP contribution in [0.25, 0.3) is 10.9 Å². The van der Waals surface area contributed by atoms with Gasteiger partial charge in [-0.2, -0.15) is 0 Å². The summed E-state index contributed by atoms with van der Waals surface area (Å²) in [5.41, 5.74) is 2.64. The van der Waals surface area contributed by atoms with Crippen molar-refractivity contribution in [2.24, 2.45) is 0 Å². The van der Waals surface area contributed by atoms with Gasteiger partial charge in [-0.05, 0) is 30.0 Å². The molecule has 0 bridgehead atoms. The van der Waals surface area contributed by atoms with E-state index < -0.39 is 0 Å². The molecule has 1 aliphatic rings. The van der Waals surface area contributed by atoms with E-state index in [-0.39, 0.29) is 24.8 Å². The Morgan fingerprint density at radius 2 is 1.84 bits per heavy atom. The Kier molecular flexibility index (Phi) is 6.14. The third-order valence-electron chi connectivity index (χ3n) is 3.76. The van der Waals surface area contributed by atoms with Crippen molar-refractivity contribution in [1.29, 1.82) is 0 Å². The van der Waals surface area contributed by atoms with E-state index in [4.69, 9.17) is 0 Å². The number of rotatable bonds is 2. The maximum Gasteiger partial charge on any atom is 0.0457 e. The zero-order valence-electron chi connectivity index (χ0n) is 11.1. The third-order valence-corrected chi connectivity index (χ3v) is 3.76. The van der Waals surface area contributed by atoms with Crippen LogP contribution in [0.5, 0.6) is 0 Å². The Hall–Kier alpha value is -0.740. The van der Waals surface area contributed by atoms with Crippen molar-refractivity contribution >= 4 is 35.7 Å². The highest BCUT2D eigenvalue weighted by molar-refractivity contribution is 5.85. The molecule has 106 valence electrons. The van der Waals surface area contributed by atoms with E-state index in [0.29, 0.717) is 6.04 Å². The molecule has 5 heteroatoms. The largest absolute Gasteiger partial charge is 0.361 e. The Labute approximate surface area is 126 Å². The summed E-state index contributed by atoms with van der Waals surface area (Å²) in [6.45, 7) is 6.80. The van der Waals surface area contributed by atoms with Gasteiger partial charge < -0.3 is 10.3 Å². The summed E-state index contributed by atoms with van der Waals surface area (Å²) in [7, 11) is 0. The number of piperazine rings is 1. The molecule has 1 aliphatic heterocycles. The molecule has 2 heterocycles. The predicted octanol–water partition coefficient (Wildman–Crippen LogP) is 2.98. The normalized spacial score (nSPS) is 17.5. The molecular formula is C14H21Cl2N3. The van der Waals surface area contributed by atoms with Crippen LogP contribution >= 0.6 is 24.8 Å². The molecule has 0 unspecified atom stereocenters. The molecule has 1 atom stereocenters. The number of nitrogens with one attached hydrogen (secondary N) is 2. The minimum absolute atomic E-state index is 0. The molecule has 1 aromatic heterocycles. The van der Waals surface area contributed by atoms with Gasteiger partial charge in [0, 0.05) is 43.9 Å². The van der Waals surface area contributed by atoms with Crippen molar-refractivity contribution in [3.63, 3.8) is 0 Å². The molecule has 0 saturated carbocycles. The van der Waals surface area contributed by atoms with E-state index in [0.717, 1.165) is 26.2 Å². The molecular weight excluding hydrogens is 281 g/mol. The molecule has 19 heavy (non-hydrogen) atoms. The lowest BCUT2D eigenvalue weighted by molar-refractivity contribution is 0.185. The van der Waals surface area contributed by atoms with E-state index in [9.17, 15) is 0 Å². The SMILES string of the molecule is C[C@H](c1ccc2cc[nH]c2c1)N1CCNCC1.Cl.Cl. The summed E-state index contributed by atoms with van der Waals surface area (Å²) in [6, 6.07) is 9.36. The Morgan fingerprint density at radius 3 is 2.58 bits per heavy atom. The number of hydrogen-bond donors (Lipinski definition) is 2. The molecule has 1 saturated heterocycles. The first kappa shape index (κ1) is 16.3. The van der Waals surface area contributed by atoms with Crippen LogP contribution in [0, 0.1) is 0 Å². The predicted molar refractivity (Wildman–Crippen MR) is 85.7 cm³/mol. The van der Waals surface area contributed by atoms with Gasteiger partial charge in [0.2, 0.25) is 0 Å². The average Bonchev–Trinajstić information content (AvgIpc) is 2.86. The number of aromatic amines is 1. The fourth-order valence-corrected chi connectivity index (χ4v) is 2.61. The Morgan fingerprint density at radius 1 is 1.11 bits per heavy atom. The van der Waals surface area contributed by atoms with Crippen LogP contribution in [0.1, 0.15) is 18.5 Å². The summed E-state index contributed by atoms with van der Waals surface area (Å²) in [5, 5.41) is 4.69. The fraction of sp³-hybridized carbons (Fsp3) is 0.429. The topological polar surface area (TPSA) is 31.1 Å². The summed E-state index contributed by atoms with van der Waals surface area (Å²) in [6.07, 6.45) is 2.00. The molecule has 3 rings (SSSR count). The highest BCUT2D eigenvalue weighted by Gasteiger charge is 2.17. The van der Waals surface area contributed by atoms with Gasteiger partial charge >= 0.3 is 0 Å². The summed E-state index contributed by atoms with van der Waals surface area (Å²) < 4.78 is 0. The number of nitrogens with zero attached hydrogens (tertiary/aromatic N) is 1. The smallest absolute Gasteiger partial charge is 0.0457 e. The van der Waals surface area contributed by atoms with Crippen LogP contribution in [-0.2, 0) is 0 Å². The second-order valence-electron chi connectivity index (χ2n) is 4.79. The lowest BCUT2D eigenvalue weighted by Gasteiger charge is -2.33. The highest BCUT2D eigenvalue weighted by atomic mass is 35.5. The van der Waals surface area contributed by atoms with Crippen LogP contribution in [0.3, 0.4) is 0 Å². The van der Waals surface area contributed by atoms with Crippen molar-refractivity contribution in [3.05, 3.63) is 36.0 Å². The van der Waals surface area contributed by atoms with Gasteiger partial charge in [0.1, 0.15) is 0 Å². The fourth-order valence-electron chi connectivity index (χ4n) is 2.61. The van der Waals surface area contributed by atoms with Gasteiger partial charge in [0.05, 0.1) is 0 Å². The summed E-state index contributed by atoms with van der Waals surface area (Å²) in [5.74, 6) is 0. The molecule has 0 radical (unpaired) electrons. The molecule has 0 aliphatic carbocycles. The first-order chi connectivity index (χ1) is 8.34. The van der Waals surface area contributed by atoms with Gasteiger partial charge in [-0.1, -0.05) is 12.1 Å². The zero-order chi connectivity index (χ0) is 11.7. The van der Waals surface area contributed by atoms with Crippen LogP contribution in [-0.4, -0.2) is 36.1 Å². The average molecular weight is 302 g/mol.